The molecule has 0 aliphatic carbocycles. The minimum atomic E-state index is 0.00347. The van der Waals surface area contributed by atoms with Gasteiger partial charge in [0.15, 0.2) is 0 Å². The van der Waals surface area contributed by atoms with Crippen molar-refractivity contribution in [2.45, 2.75) is 0 Å². The van der Waals surface area contributed by atoms with Gasteiger partial charge < -0.3 is 10.4 Å². The molecule has 0 saturated heterocycles. The summed E-state index contributed by atoms with van der Waals surface area (Å²) in [5.41, 5.74) is 0. The Morgan fingerprint density at radius 1 is 1.75 bits per heavy atom. The zero-order chi connectivity index (χ0) is 5.98. The van der Waals surface area contributed by atoms with Crippen LogP contribution in [0.2, 0.25) is 0 Å². The molecule has 0 amide bonds. The number of hydrogen-bond acceptors (Lipinski definition) is 3. The SMILES string of the molecule is OC1=C(Br)[CH]NC=N1. The first-order valence-corrected chi connectivity index (χ1v) is 2.80. The summed E-state index contributed by atoms with van der Waals surface area (Å²) in [5.74, 6) is 0.00347. The summed E-state index contributed by atoms with van der Waals surface area (Å²) in [4.78, 5) is 3.53. The van der Waals surface area contributed by atoms with Crippen molar-refractivity contribution in [1.82, 2.24) is 5.32 Å². The topological polar surface area (TPSA) is 44.6 Å². The third kappa shape index (κ3) is 1.01. The standard InChI is InChI=1S/C4H4BrN2O/c5-3-1-6-2-7-4(3)8/h1-2,8H,(H,6,7). The van der Waals surface area contributed by atoms with Gasteiger partial charge in [-0.2, -0.15) is 0 Å². The molecule has 0 aromatic heterocycles. The van der Waals surface area contributed by atoms with Gasteiger partial charge in [0.25, 0.3) is 0 Å². The number of halogens is 1. The first-order valence-electron chi connectivity index (χ1n) is 2.01. The fourth-order valence-corrected chi connectivity index (χ4v) is 0.570. The summed E-state index contributed by atoms with van der Waals surface area (Å²) in [5, 5.41) is 11.4. The molecule has 43 valence electrons. The van der Waals surface area contributed by atoms with Crippen LogP contribution in [0.1, 0.15) is 0 Å². The van der Waals surface area contributed by atoms with Crippen molar-refractivity contribution < 1.29 is 5.11 Å². The molecule has 1 heterocycles. The van der Waals surface area contributed by atoms with Gasteiger partial charge in [0, 0.05) is 0 Å². The molecule has 0 aromatic rings. The number of aliphatic imine (C=N–C) groups is 1. The van der Waals surface area contributed by atoms with Crippen LogP contribution in [-0.4, -0.2) is 11.4 Å². The van der Waals surface area contributed by atoms with Crippen molar-refractivity contribution >= 4 is 22.3 Å². The van der Waals surface area contributed by atoms with Crippen LogP contribution in [-0.2, 0) is 0 Å². The van der Waals surface area contributed by atoms with E-state index in [0.29, 0.717) is 4.48 Å². The van der Waals surface area contributed by atoms with E-state index in [-0.39, 0.29) is 5.88 Å². The largest absolute Gasteiger partial charge is 0.493 e. The van der Waals surface area contributed by atoms with Gasteiger partial charge in [-0.25, -0.2) is 4.99 Å². The molecule has 8 heavy (non-hydrogen) atoms. The van der Waals surface area contributed by atoms with E-state index < -0.39 is 0 Å². The molecule has 2 N–H and O–H groups in total. The van der Waals surface area contributed by atoms with Crippen LogP contribution in [0.5, 0.6) is 0 Å². The molecule has 1 aliphatic rings. The molecular formula is C4H4BrN2O. The fraction of sp³-hybridized carbons (Fsp3) is 0. The van der Waals surface area contributed by atoms with Gasteiger partial charge in [-0.1, -0.05) is 0 Å². The molecule has 0 bridgehead atoms. The van der Waals surface area contributed by atoms with E-state index in [1.807, 2.05) is 0 Å². The van der Waals surface area contributed by atoms with E-state index in [1.54, 1.807) is 6.54 Å². The Balaban J connectivity index is 2.76. The maximum atomic E-state index is 8.74. The highest BCUT2D eigenvalue weighted by Gasteiger charge is 2.02. The first-order chi connectivity index (χ1) is 3.80. The Labute approximate surface area is 55.2 Å². The highest BCUT2D eigenvalue weighted by Crippen LogP contribution is 2.13. The highest BCUT2D eigenvalue weighted by molar-refractivity contribution is 9.11. The average molecular weight is 176 g/mol. The van der Waals surface area contributed by atoms with Crippen LogP contribution >= 0.6 is 15.9 Å². The summed E-state index contributed by atoms with van der Waals surface area (Å²) in [6, 6.07) is 0. The monoisotopic (exact) mass is 175 g/mol. The van der Waals surface area contributed by atoms with Crippen molar-refractivity contribution in [3.63, 3.8) is 0 Å². The third-order valence-corrected chi connectivity index (χ3v) is 1.27. The molecule has 1 rings (SSSR count). The summed E-state index contributed by atoms with van der Waals surface area (Å²) in [7, 11) is 0. The van der Waals surface area contributed by atoms with Crippen LogP contribution in [0, 0.1) is 6.54 Å². The van der Waals surface area contributed by atoms with Gasteiger partial charge in [-0.05, 0) is 15.9 Å². The second-order valence-electron chi connectivity index (χ2n) is 1.24. The van der Waals surface area contributed by atoms with Crippen LogP contribution in [0.15, 0.2) is 15.4 Å². The number of hydrogen-bond donors (Lipinski definition) is 2. The van der Waals surface area contributed by atoms with E-state index in [0.717, 1.165) is 0 Å². The molecule has 0 unspecified atom stereocenters. The van der Waals surface area contributed by atoms with Crippen LogP contribution in [0.4, 0.5) is 0 Å². The maximum absolute atomic E-state index is 8.74. The Kier molecular flexibility index (Phi) is 1.53. The second kappa shape index (κ2) is 2.17. The number of rotatable bonds is 0. The maximum Gasteiger partial charge on any atom is 0.224 e. The normalized spacial score (nSPS) is 18.6. The van der Waals surface area contributed by atoms with Gasteiger partial charge in [-0.3, -0.25) is 0 Å². The van der Waals surface area contributed by atoms with Gasteiger partial charge in [0.1, 0.15) is 0 Å². The number of aliphatic hydroxyl groups excluding tert-OH is 1. The lowest BCUT2D eigenvalue weighted by molar-refractivity contribution is 0.403. The number of nitrogens with one attached hydrogen (secondary N) is 1. The van der Waals surface area contributed by atoms with E-state index in [9.17, 15) is 0 Å². The van der Waals surface area contributed by atoms with E-state index >= 15 is 0 Å². The molecule has 0 saturated carbocycles. The Hall–Kier alpha value is -0.510. The molecule has 0 atom stereocenters. The molecule has 4 heteroatoms. The summed E-state index contributed by atoms with van der Waals surface area (Å²) in [6.07, 6.45) is 1.40. The van der Waals surface area contributed by atoms with E-state index in [1.165, 1.54) is 6.34 Å². The second-order valence-corrected chi connectivity index (χ2v) is 2.10. The molecule has 1 aliphatic heterocycles. The van der Waals surface area contributed by atoms with Crippen LogP contribution in [0.3, 0.4) is 0 Å². The van der Waals surface area contributed by atoms with Crippen LogP contribution in [0.25, 0.3) is 0 Å². The zero-order valence-electron chi connectivity index (χ0n) is 3.93. The minimum Gasteiger partial charge on any atom is -0.493 e. The zero-order valence-corrected chi connectivity index (χ0v) is 5.51. The third-order valence-electron chi connectivity index (χ3n) is 0.685. The average Bonchev–Trinajstić information content (AvgIpc) is 1.77. The van der Waals surface area contributed by atoms with Crippen molar-refractivity contribution in [1.29, 1.82) is 0 Å². The molecule has 3 nitrogen and oxygen atoms in total. The van der Waals surface area contributed by atoms with Gasteiger partial charge in [0.05, 0.1) is 17.4 Å². The van der Waals surface area contributed by atoms with E-state index in [2.05, 4.69) is 26.2 Å². The van der Waals surface area contributed by atoms with Crippen molar-refractivity contribution in [3.05, 3.63) is 16.9 Å². The molecule has 0 aromatic carbocycles. The lowest BCUT2D eigenvalue weighted by Crippen LogP contribution is -2.11. The smallest absolute Gasteiger partial charge is 0.224 e. The fourth-order valence-electron chi connectivity index (χ4n) is 0.335. The van der Waals surface area contributed by atoms with Gasteiger partial charge >= 0.3 is 0 Å². The molecule has 0 fully saturated rings. The Bertz CT molecular complexity index is 152. The molecule has 0 spiro atoms. The summed E-state index contributed by atoms with van der Waals surface area (Å²) >= 11 is 3.05. The summed E-state index contributed by atoms with van der Waals surface area (Å²) in [6.45, 7) is 1.60. The van der Waals surface area contributed by atoms with Gasteiger partial charge in [0.2, 0.25) is 5.88 Å². The number of nitrogens with zero attached hydrogens (tertiary/aromatic N) is 1. The Morgan fingerprint density at radius 3 is 2.88 bits per heavy atom. The van der Waals surface area contributed by atoms with Gasteiger partial charge in [-0.15, -0.1) is 0 Å². The van der Waals surface area contributed by atoms with Crippen molar-refractivity contribution in [2.75, 3.05) is 0 Å². The van der Waals surface area contributed by atoms with Crippen LogP contribution < -0.4 is 5.32 Å². The quantitative estimate of drug-likeness (QED) is 0.575. The Morgan fingerprint density at radius 2 is 2.50 bits per heavy atom. The predicted molar refractivity (Wildman–Crippen MR) is 34.5 cm³/mol. The number of aliphatic hydroxyl groups is 1. The predicted octanol–water partition coefficient (Wildman–Crippen LogP) is 0.902. The van der Waals surface area contributed by atoms with E-state index in [4.69, 9.17) is 5.11 Å². The lowest BCUT2D eigenvalue weighted by atomic mass is 10.5. The van der Waals surface area contributed by atoms with Crippen molar-refractivity contribution in [3.8, 4) is 0 Å². The first kappa shape index (κ1) is 5.62. The summed E-state index contributed by atoms with van der Waals surface area (Å²) < 4.78 is 0.569. The minimum absolute atomic E-state index is 0.00347. The molecular weight excluding hydrogens is 172 g/mol. The van der Waals surface area contributed by atoms with Crippen molar-refractivity contribution in [2.24, 2.45) is 4.99 Å². The lowest BCUT2D eigenvalue weighted by Gasteiger charge is -2.03. The highest BCUT2D eigenvalue weighted by atomic mass is 79.9. The molecule has 1 radical (unpaired) electrons.